The SMILES string of the molecule is CCc1c[nH]c(C2=N/C(=C/NC34CC5CC(CC(C5)C3)C4)C(C)=C2C)c1. The minimum absolute atomic E-state index is 0.357. The van der Waals surface area contributed by atoms with Gasteiger partial charge in [0.05, 0.1) is 17.1 Å². The van der Waals surface area contributed by atoms with E-state index in [2.05, 4.69) is 49.5 Å². The Balaban J connectivity index is 1.40. The van der Waals surface area contributed by atoms with Crippen LogP contribution in [0.25, 0.3) is 0 Å². The minimum Gasteiger partial charge on any atom is -0.384 e. The maximum absolute atomic E-state index is 4.99. The molecule has 0 unspecified atom stereocenters. The summed E-state index contributed by atoms with van der Waals surface area (Å²) in [5, 5.41) is 3.90. The average molecular weight is 350 g/mol. The predicted octanol–water partition coefficient (Wildman–Crippen LogP) is 5.12. The van der Waals surface area contributed by atoms with Crippen LogP contribution in [0.4, 0.5) is 0 Å². The molecule has 3 heteroatoms. The summed E-state index contributed by atoms with van der Waals surface area (Å²) in [4.78, 5) is 8.40. The number of rotatable bonds is 4. The predicted molar refractivity (Wildman–Crippen MR) is 107 cm³/mol. The van der Waals surface area contributed by atoms with Crippen molar-refractivity contribution in [1.29, 1.82) is 0 Å². The molecule has 4 aliphatic carbocycles. The number of hydrogen-bond acceptors (Lipinski definition) is 2. The second kappa shape index (κ2) is 5.87. The van der Waals surface area contributed by atoms with Crippen molar-refractivity contribution in [2.45, 2.75) is 71.3 Å². The molecule has 1 aromatic heterocycles. The molecule has 0 atom stereocenters. The molecule has 3 nitrogen and oxygen atoms in total. The van der Waals surface area contributed by atoms with E-state index in [-0.39, 0.29) is 0 Å². The van der Waals surface area contributed by atoms with Gasteiger partial charge in [0.2, 0.25) is 0 Å². The summed E-state index contributed by atoms with van der Waals surface area (Å²) in [5.41, 5.74) is 7.70. The number of nitrogens with zero attached hydrogens (tertiary/aromatic N) is 1. The summed E-state index contributed by atoms with van der Waals surface area (Å²) in [7, 11) is 0. The van der Waals surface area contributed by atoms with Crippen LogP contribution < -0.4 is 5.32 Å². The van der Waals surface area contributed by atoms with Crippen LogP contribution in [0, 0.1) is 17.8 Å². The summed E-state index contributed by atoms with van der Waals surface area (Å²) < 4.78 is 0. The van der Waals surface area contributed by atoms with Crippen molar-refractivity contribution in [1.82, 2.24) is 10.3 Å². The molecular formula is C23H31N3. The summed E-state index contributed by atoms with van der Waals surface area (Å²) >= 11 is 0. The van der Waals surface area contributed by atoms with E-state index in [1.807, 2.05) is 0 Å². The highest BCUT2D eigenvalue weighted by molar-refractivity contribution is 6.14. The van der Waals surface area contributed by atoms with Gasteiger partial charge in [0.15, 0.2) is 0 Å². The van der Waals surface area contributed by atoms with Gasteiger partial charge in [0, 0.05) is 17.9 Å². The summed E-state index contributed by atoms with van der Waals surface area (Å²) in [6.45, 7) is 6.60. The molecule has 0 spiro atoms. The van der Waals surface area contributed by atoms with E-state index in [1.165, 1.54) is 55.2 Å². The summed E-state index contributed by atoms with van der Waals surface area (Å²) in [5.74, 6) is 2.92. The molecule has 0 saturated heterocycles. The number of aliphatic imine (C=N–C) groups is 1. The molecule has 6 rings (SSSR count). The van der Waals surface area contributed by atoms with Crippen LogP contribution in [0.5, 0.6) is 0 Å². The molecule has 0 amide bonds. The maximum Gasteiger partial charge on any atom is 0.0904 e. The highest BCUT2D eigenvalue weighted by Gasteiger charge is 2.50. The number of hydrogen-bond donors (Lipinski definition) is 2. The van der Waals surface area contributed by atoms with Gasteiger partial charge >= 0.3 is 0 Å². The lowest BCUT2D eigenvalue weighted by molar-refractivity contribution is -0.0130. The van der Waals surface area contributed by atoms with Crippen LogP contribution >= 0.6 is 0 Å². The van der Waals surface area contributed by atoms with Gasteiger partial charge in [0.25, 0.3) is 0 Å². The standard InChI is InChI=1S/C23H31N3/c1-4-16-8-20(24-12-16)22-15(3)14(2)21(26-22)13-25-23-9-17-5-18(10-23)7-19(6-17)11-23/h8,12-13,17-19,24-25H,4-7,9-11H2,1-3H3/b21-13+. The van der Waals surface area contributed by atoms with Crippen molar-refractivity contribution in [3.05, 3.63) is 46.6 Å². The second-order valence-electron chi connectivity index (χ2n) is 9.36. The third-order valence-corrected chi connectivity index (χ3v) is 7.49. The molecule has 0 aromatic carbocycles. The lowest BCUT2D eigenvalue weighted by Crippen LogP contribution is -2.57. The van der Waals surface area contributed by atoms with Gasteiger partial charge in [-0.2, -0.15) is 0 Å². The molecule has 0 radical (unpaired) electrons. The molecule has 1 aliphatic heterocycles. The third-order valence-electron chi connectivity index (χ3n) is 7.49. The molecule has 138 valence electrons. The Morgan fingerprint density at radius 2 is 1.77 bits per heavy atom. The fourth-order valence-electron chi connectivity index (χ4n) is 6.35. The number of allylic oxidation sites excluding steroid dienone is 2. The highest BCUT2D eigenvalue weighted by Crippen LogP contribution is 2.55. The molecule has 4 fully saturated rings. The van der Waals surface area contributed by atoms with Gasteiger partial charge in [0.1, 0.15) is 0 Å². The molecule has 1 aromatic rings. The number of nitrogens with one attached hydrogen (secondary N) is 2. The van der Waals surface area contributed by atoms with E-state index >= 15 is 0 Å². The molecular weight excluding hydrogens is 318 g/mol. The Morgan fingerprint density at radius 1 is 1.12 bits per heavy atom. The zero-order valence-corrected chi connectivity index (χ0v) is 16.4. The minimum atomic E-state index is 0.357. The number of aryl methyl sites for hydroxylation is 1. The quantitative estimate of drug-likeness (QED) is 0.778. The van der Waals surface area contributed by atoms with Gasteiger partial charge in [-0.3, -0.25) is 0 Å². The maximum atomic E-state index is 4.99. The van der Waals surface area contributed by atoms with E-state index in [4.69, 9.17) is 4.99 Å². The normalized spacial score (nSPS) is 37.0. The van der Waals surface area contributed by atoms with Crippen molar-refractivity contribution in [3.63, 3.8) is 0 Å². The first-order valence-electron chi connectivity index (χ1n) is 10.5. The molecule has 2 heterocycles. The van der Waals surface area contributed by atoms with Crippen molar-refractivity contribution in [2.24, 2.45) is 22.7 Å². The van der Waals surface area contributed by atoms with Crippen LogP contribution in [0.2, 0.25) is 0 Å². The third kappa shape index (κ3) is 2.59. The van der Waals surface area contributed by atoms with E-state index < -0.39 is 0 Å². The first-order chi connectivity index (χ1) is 12.5. The molecule has 4 bridgehead atoms. The first kappa shape index (κ1) is 16.4. The summed E-state index contributed by atoms with van der Waals surface area (Å²) in [6, 6.07) is 2.24. The lowest BCUT2D eigenvalue weighted by atomic mass is 9.53. The van der Waals surface area contributed by atoms with E-state index in [0.717, 1.165) is 41.3 Å². The zero-order valence-electron chi connectivity index (χ0n) is 16.4. The smallest absolute Gasteiger partial charge is 0.0904 e. The Kier molecular flexibility index (Phi) is 3.70. The van der Waals surface area contributed by atoms with Gasteiger partial charge < -0.3 is 10.3 Å². The lowest BCUT2D eigenvalue weighted by Gasteiger charge is -2.57. The van der Waals surface area contributed by atoms with Gasteiger partial charge in [-0.15, -0.1) is 0 Å². The van der Waals surface area contributed by atoms with Crippen molar-refractivity contribution >= 4 is 5.71 Å². The number of aromatic amines is 1. The topological polar surface area (TPSA) is 40.2 Å². The molecule has 5 aliphatic rings. The Bertz CT molecular complexity index is 785. The van der Waals surface area contributed by atoms with Crippen LogP contribution in [0.15, 0.2) is 40.3 Å². The number of aromatic nitrogens is 1. The number of H-pyrrole nitrogens is 1. The second-order valence-corrected chi connectivity index (χ2v) is 9.36. The highest BCUT2D eigenvalue weighted by atomic mass is 15.0. The van der Waals surface area contributed by atoms with E-state index in [0.29, 0.717) is 5.54 Å². The Labute approximate surface area is 157 Å². The van der Waals surface area contributed by atoms with Crippen LogP contribution in [-0.2, 0) is 6.42 Å². The first-order valence-corrected chi connectivity index (χ1v) is 10.5. The van der Waals surface area contributed by atoms with Crippen molar-refractivity contribution < 1.29 is 0 Å². The van der Waals surface area contributed by atoms with Gasteiger partial charge in [-0.05, 0) is 99.3 Å². The fraction of sp³-hybridized carbons (Fsp3) is 0.609. The largest absolute Gasteiger partial charge is 0.384 e. The van der Waals surface area contributed by atoms with Crippen molar-refractivity contribution in [3.8, 4) is 0 Å². The van der Waals surface area contributed by atoms with Crippen molar-refractivity contribution in [2.75, 3.05) is 0 Å². The van der Waals surface area contributed by atoms with Crippen LogP contribution in [-0.4, -0.2) is 16.2 Å². The monoisotopic (exact) mass is 349 g/mol. The average Bonchev–Trinajstić information content (AvgIpc) is 3.18. The Morgan fingerprint density at radius 3 is 2.35 bits per heavy atom. The Hall–Kier alpha value is -1.77. The van der Waals surface area contributed by atoms with Gasteiger partial charge in [-0.25, -0.2) is 4.99 Å². The molecule has 2 N–H and O–H groups in total. The van der Waals surface area contributed by atoms with E-state index in [1.54, 1.807) is 0 Å². The zero-order chi connectivity index (χ0) is 17.9. The van der Waals surface area contributed by atoms with E-state index in [9.17, 15) is 0 Å². The summed E-state index contributed by atoms with van der Waals surface area (Å²) in [6.07, 6.45) is 14.0. The van der Waals surface area contributed by atoms with Crippen LogP contribution in [0.1, 0.15) is 70.6 Å². The van der Waals surface area contributed by atoms with Gasteiger partial charge in [-0.1, -0.05) is 6.92 Å². The molecule has 26 heavy (non-hydrogen) atoms. The van der Waals surface area contributed by atoms with Crippen LogP contribution in [0.3, 0.4) is 0 Å². The molecule has 4 saturated carbocycles. The fourth-order valence-corrected chi connectivity index (χ4v) is 6.35.